The first-order chi connectivity index (χ1) is 12.5. The van der Waals surface area contributed by atoms with Crippen molar-refractivity contribution in [2.24, 2.45) is 11.3 Å². The Bertz CT molecular complexity index is 863. The standard InChI is InChI=1S/C20H24N4O2/c1-14(25)24-11-16-9-21-12-20(16,13-24)19(26)23(2)10-15-5-3-7-18-17(15)6-4-8-22-18/h3-8,16,21H,9-13H2,1-2H3/t16-,20-/m1/s1. The highest BCUT2D eigenvalue weighted by molar-refractivity contribution is 5.87. The number of nitrogens with one attached hydrogen (secondary N) is 1. The summed E-state index contributed by atoms with van der Waals surface area (Å²) in [6.45, 7) is 4.74. The van der Waals surface area contributed by atoms with E-state index in [9.17, 15) is 9.59 Å². The fourth-order valence-electron chi connectivity index (χ4n) is 4.47. The maximum atomic E-state index is 13.4. The number of aromatic nitrogens is 1. The number of benzene rings is 1. The number of hydrogen-bond acceptors (Lipinski definition) is 4. The van der Waals surface area contributed by atoms with Crippen molar-refractivity contribution in [1.82, 2.24) is 20.1 Å². The molecule has 0 bridgehead atoms. The van der Waals surface area contributed by atoms with Crippen molar-refractivity contribution in [3.8, 4) is 0 Å². The minimum Gasteiger partial charge on any atom is -0.341 e. The van der Waals surface area contributed by atoms with Crippen LogP contribution in [0.1, 0.15) is 12.5 Å². The molecule has 2 aliphatic heterocycles. The molecule has 0 radical (unpaired) electrons. The Morgan fingerprint density at radius 2 is 2.19 bits per heavy atom. The van der Waals surface area contributed by atoms with Crippen molar-refractivity contribution >= 4 is 22.7 Å². The van der Waals surface area contributed by atoms with Gasteiger partial charge in [-0.05, 0) is 17.7 Å². The lowest BCUT2D eigenvalue weighted by Gasteiger charge is -2.32. The van der Waals surface area contributed by atoms with Crippen LogP contribution in [0.25, 0.3) is 10.9 Å². The van der Waals surface area contributed by atoms with Gasteiger partial charge in [-0.2, -0.15) is 0 Å². The van der Waals surface area contributed by atoms with Gasteiger partial charge in [-0.3, -0.25) is 14.6 Å². The number of carbonyl (C=O) groups is 2. The Morgan fingerprint density at radius 1 is 1.35 bits per heavy atom. The van der Waals surface area contributed by atoms with Gasteiger partial charge in [0.15, 0.2) is 0 Å². The zero-order valence-corrected chi connectivity index (χ0v) is 15.2. The van der Waals surface area contributed by atoms with Crippen LogP contribution >= 0.6 is 0 Å². The third-order valence-electron chi connectivity index (χ3n) is 5.89. The molecule has 2 aromatic rings. The Kier molecular flexibility index (Phi) is 4.15. The summed E-state index contributed by atoms with van der Waals surface area (Å²) in [5.74, 6) is 0.363. The van der Waals surface area contributed by atoms with Crippen molar-refractivity contribution in [2.75, 3.05) is 33.2 Å². The van der Waals surface area contributed by atoms with Crippen molar-refractivity contribution in [3.63, 3.8) is 0 Å². The van der Waals surface area contributed by atoms with Crippen LogP contribution in [-0.2, 0) is 16.1 Å². The molecule has 1 N–H and O–H groups in total. The lowest BCUT2D eigenvalue weighted by atomic mass is 9.79. The van der Waals surface area contributed by atoms with E-state index in [1.165, 1.54) is 0 Å². The number of pyridine rings is 1. The average molecular weight is 352 g/mol. The monoisotopic (exact) mass is 352 g/mol. The molecule has 0 unspecified atom stereocenters. The molecule has 1 aromatic carbocycles. The van der Waals surface area contributed by atoms with Crippen LogP contribution in [0, 0.1) is 11.3 Å². The topological polar surface area (TPSA) is 65.5 Å². The minimum atomic E-state index is -0.497. The van der Waals surface area contributed by atoms with Gasteiger partial charge in [0.2, 0.25) is 11.8 Å². The SMILES string of the molecule is CC(=O)N1C[C@H]2CNC[C@@]2(C(=O)N(C)Cc2cccc3ncccc23)C1. The van der Waals surface area contributed by atoms with E-state index in [0.717, 1.165) is 23.0 Å². The quantitative estimate of drug-likeness (QED) is 0.903. The molecule has 2 fully saturated rings. The van der Waals surface area contributed by atoms with Gasteiger partial charge in [0.1, 0.15) is 0 Å². The summed E-state index contributed by atoms with van der Waals surface area (Å²) in [5, 5.41) is 4.43. The summed E-state index contributed by atoms with van der Waals surface area (Å²) in [4.78, 5) is 33.2. The van der Waals surface area contributed by atoms with E-state index >= 15 is 0 Å². The van der Waals surface area contributed by atoms with Crippen LogP contribution < -0.4 is 5.32 Å². The largest absolute Gasteiger partial charge is 0.341 e. The fourth-order valence-corrected chi connectivity index (χ4v) is 4.47. The summed E-state index contributed by atoms with van der Waals surface area (Å²) in [7, 11) is 1.86. The fraction of sp³-hybridized carbons (Fsp3) is 0.450. The molecule has 2 atom stereocenters. The zero-order chi connectivity index (χ0) is 18.3. The first-order valence-electron chi connectivity index (χ1n) is 9.06. The predicted octanol–water partition coefficient (Wildman–Crippen LogP) is 1.26. The van der Waals surface area contributed by atoms with Gasteiger partial charge in [0.05, 0.1) is 10.9 Å². The normalized spacial score (nSPS) is 24.7. The van der Waals surface area contributed by atoms with E-state index < -0.39 is 5.41 Å². The highest BCUT2D eigenvalue weighted by Crippen LogP contribution is 2.40. The molecular formula is C20H24N4O2. The molecule has 136 valence electrons. The third kappa shape index (κ3) is 2.65. The molecule has 2 saturated heterocycles. The van der Waals surface area contributed by atoms with Crippen molar-refractivity contribution in [2.45, 2.75) is 13.5 Å². The third-order valence-corrected chi connectivity index (χ3v) is 5.89. The number of hydrogen-bond donors (Lipinski definition) is 1. The van der Waals surface area contributed by atoms with E-state index in [1.807, 2.05) is 47.2 Å². The molecule has 0 saturated carbocycles. The number of fused-ring (bicyclic) bond motifs is 2. The molecule has 26 heavy (non-hydrogen) atoms. The van der Waals surface area contributed by atoms with Gasteiger partial charge < -0.3 is 15.1 Å². The lowest BCUT2D eigenvalue weighted by Crippen LogP contribution is -2.48. The Hall–Kier alpha value is -2.47. The second kappa shape index (κ2) is 6.36. The number of likely N-dealkylation sites (tertiary alicyclic amines) is 1. The molecule has 2 amide bonds. The van der Waals surface area contributed by atoms with Crippen LogP contribution in [0.4, 0.5) is 0 Å². The van der Waals surface area contributed by atoms with E-state index in [0.29, 0.717) is 26.2 Å². The first kappa shape index (κ1) is 17.0. The number of rotatable bonds is 3. The molecule has 6 heteroatoms. The second-order valence-electron chi connectivity index (χ2n) is 7.53. The van der Waals surface area contributed by atoms with Crippen LogP contribution in [0.3, 0.4) is 0 Å². The smallest absolute Gasteiger partial charge is 0.232 e. The summed E-state index contributed by atoms with van der Waals surface area (Å²) < 4.78 is 0. The van der Waals surface area contributed by atoms with Gasteiger partial charge >= 0.3 is 0 Å². The highest BCUT2D eigenvalue weighted by Gasteiger charge is 2.56. The number of carbonyl (C=O) groups excluding carboxylic acids is 2. The average Bonchev–Trinajstić information content (AvgIpc) is 3.19. The maximum Gasteiger partial charge on any atom is 0.232 e. The van der Waals surface area contributed by atoms with Crippen LogP contribution in [0.2, 0.25) is 0 Å². The minimum absolute atomic E-state index is 0.0503. The van der Waals surface area contributed by atoms with E-state index in [1.54, 1.807) is 13.1 Å². The van der Waals surface area contributed by atoms with Crippen LogP contribution in [0.15, 0.2) is 36.5 Å². The summed E-state index contributed by atoms with van der Waals surface area (Å²) in [6.07, 6.45) is 1.78. The van der Waals surface area contributed by atoms with Gasteiger partial charge in [-0.15, -0.1) is 0 Å². The van der Waals surface area contributed by atoms with Crippen molar-refractivity contribution < 1.29 is 9.59 Å². The molecule has 0 aliphatic carbocycles. The molecule has 0 spiro atoms. The molecule has 1 aromatic heterocycles. The summed E-state index contributed by atoms with van der Waals surface area (Å²) >= 11 is 0. The maximum absolute atomic E-state index is 13.4. The van der Waals surface area contributed by atoms with E-state index in [2.05, 4.69) is 10.3 Å². The molecular weight excluding hydrogens is 328 g/mol. The zero-order valence-electron chi connectivity index (χ0n) is 15.2. The van der Waals surface area contributed by atoms with Crippen molar-refractivity contribution in [3.05, 3.63) is 42.1 Å². The number of amides is 2. The molecule has 6 nitrogen and oxygen atoms in total. The Morgan fingerprint density at radius 3 is 3.00 bits per heavy atom. The molecule has 4 rings (SSSR count). The number of nitrogens with zero attached hydrogens (tertiary/aromatic N) is 3. The van der Waals surface area contributed by atoms with Gasteiger partial charge in [0, 0.05) is 64.2 Å². The summed E-state index contributed by atoms with van der Waals surface area (Å²) in [6, 6.07) is 9.98. The highest BCUT2D eigenvalue weighted by atomic mass is 16.2. The molecule has 2 aliphatic rings. The van der Waals surface area contributed by atoms with Crippen LogP contribution in [0.5, 0.6) is 0 Å². The van der Waals surface area contributed by atoms with Crippen molar-refractivity contribution in [1.29, 1.82) is 0 Å². The first-order valence-corrected chi connectivity index (χ1v) is 9.06. The Labute approximate surface area is 153 Å². The van der Waals surface area contributed by atoms with Gasteiger partial charge in [-0.25, -0.2) is 0 Å². The summed E-state index contributed by atoms with van der Waals surface area (Å²) in [5.41, 5.74) is 1.53. The predicted molar refractivity (Wildman–Crippen MR) is 99.3 cm³/mol. The lowest BCUT2D eigenvalue weighted by molar-refractivity contribution is -0.141. The van der Waals surface area contributed by atoms with Gasteiger partial charge in [0.25, 0.3) is 0 Å². The van der Waals surface area contributed by atoms with E-state index in [4.69, 9.17) is 0 Å². The Balaban J connectivity index is 1.59. The van der Waals surface area contributed by atoms with E-state index in [-0.39, 0.29) is 17.7 Å². The molecule has 3 heterocycles. The van der Waals surface area contributed by atoms with Gasteiger partial charge in [-0.1, -0.05) is 18.2 Å². The second-order valence-corrected chi connectivity index (χ2v) is 7.53. The van der Waals surface area contributed by atoms with Crippen LogP contribution in [-0.4, -0.2) is 59.8 Å².